The maximum atomic E-state index is 12.6. The van der Waals surface area contributed by atoms with Gasteiger partial charge >= 0.3 is 0 Å². The van der Waals surface area contributed by atoms with Gasteiger partial charge in [0.05, 0.1) is 6.04 Å². The van der Waals surface area contributed by atoms with Crippen molar-refractivity contribution in [1.82, 2.24) is 4.98 Å². The Labute approximate surface area is 147 Å². The van der Waals surface area contributed by atoms with Crippen LogP contribution in [0.3, 0.4) is 0 Å². The van der Waals surface area contributed by atoms with E-state index in [4.69, 9.17) is 5.73 Å². The van der Waals surface area contributed by atoms with Crippen molar-refractivity contribution in [3.05, 3.63) is 84.7 Å². The minimum Gasteiger partial charge on any atom is -0.320 e. The number of carbonyl (C=O) groups is 1. The van der Waals surface area contributed by atoms with Gasteiger partial charge in [-0.25, -0.2) is 0 Å². The average Bonchev–Trinajstić information content (AvgIpc) is 2.68. The summed E-state index contributed by atoms with van der Waals surface area (Å²) in [6.45, 7) is 0. The van der Waals surface area contributed by atoms with Crippen molar-refractivity contribution in [3.8, 4) is 11.1 Å². The lowest BCUT2D eigenvalue weighted by Crippen LogP contribution is -2.43. The number of carbonyl (C=O) groups excluding carboxylic acids is 1. The standard InChI is InChI=1S/C21H21N3O/c1-24(21(25)20(22)15-16-5-3-2-4-6-16)19-9-7-17(8-10-19)18-11-13-23-14-12-18/h2-14,20H,15,22H2,1H3/t20-/m1/s1. The largest absolute Gasteiger partial charge is 0.320 e. The molecule has 3 aromatic rings. The fourth-order valence-corrected chi connectivity index (χ4v) is 2.75. The highest BCUT2D eigenvalue weighted by Gasteiger charge is 2.19. The van der Waals surface area contributed by atoms with E-state index in [1.54, 1.807) is 24.3 Å². The first-order valence-corrected chi connectivity index (χ1v) is 8.22. The third-order valence-corrected chi connectivity index (χ3v) is 4.21. The Morgan fingerprint density at radius 2 is 1.56 bits per heavy atom. The molecule has 4 nitrogen and oxygen atoms in total. The number of nitrogens with two attached hydrogens (primary N) is 1. The van der Waals surface area contributed by atoms with E-state index in [0.29, 0.717) is 6.42 Å². The van der Waals surface area contributed by atoms with Gasteiger partial charge in [-0.3, -0.25) is 9.78 Å². The second-order valence-electron chi connectivity index (χ2n) is 5.98. The van der Waals surface area contributed by atoms with Gasteiger partial charge in [0.25, 0.3) is 0 Å². The van der Waals surface area contributed by atoms with E-state index in [0.717, 1.165) is 22.4 Å². The number of rotatable bonds is 5. The first kappa shape index (κ1) is 16.9. The summed E-state index contributed by atoms with van der Waals surface area (Å²) in [5.41, 5.74) is 10.2. The van der Waals surface area contributed by atoms with Crippen LogP contribution in [0, 0.1) is 0 Å². The smallest absolute Gasteiger partial charge is 0.243 e. The van der Waals surface area contributed by atoms with Crippen LogP contribution in [0.5, 0.6) is 0 Å². The first-order valence-electron chi connectivity index (χ1n) is 8.22. The number of hydrogen-bond donors (Lipinski definition) is 1. The van der Waals surface area contributed by atoms with Crippen molar-refractivity contribution < 1.29 is 4.79 Å². The zero-order valence-corrected chi connectivity index (χ0v) is 14.2. The summed E-state index contributed by atoms with van der Waals surface area (Å²) in [6.07, 6.45) is 4.06. The predicted molar refractivity (Wildman–Crippen MR) is 101 cm³/mol. The normalized spacial score (nSPS) is 11.8. The summed E-state index contributed by atoms with van der Waals surface area (Å²) in [7, 11) is 1.76. The highest BCUT2D eigenvalue weighted by molar-refractivity contribution is 5.96. The van der Waals surface area contributed by atoms with E-state index in [1.165, 1.54) is 0 Å². The van der Waals surface area contributed by atoms with Crippen molar-refractivity contribution in [3.63, 3.8) is 0 Å². The third kappa shape index (κ3) is 4.11. The van der Waals surface area contributed by atoms with Gasteiger partial charge < -0.3 is 10.6 Å². The van der Waals surface area contributed by atoms with Crippen LogP contribution in [0.2, 0.25) is 0 Å². The average molecular weight is 331 g/mol. The second-order valence-corrected chi connectivity index (χ2v) is 5.98. The molecule has 25 heavy (non-hydrogen) atoms. The Hall–Kier alpha value is -2.98. The molecule has 0 radical (unpaired) electrons. The van der Waals surface area contributed by atoms with Crippen LogP contribution in [0.4, 0.5) is 5.69 Å². The highest BCUT2D eigenvalue weighted by atomic mass is 16.2. The SMILES string of the molecule is CN(C(=O)[C@H](N)Cc1ccccc1)c1ccc(-c2ccncc2)cc1. The quantitative estimate of drug-likeness (QED) is 0.780. The molecule has 0 saturated carbocycles. The molecule has 2 aromatic carbocycles. The van der Waals surface area contributed by atoms with Crippen LogP contribution >= 0.6 is 0 Å². The lowest BCUT2D eigenvalue weighted by Gasteiger charge is -2.22. The molecular weight excluding hydrogens is 310 g/mol. The summed E-state index contributed by atoms with van der Waals surface area (Å²) >= 11 is 0. The maximum Gasteiger partial charge on any atom is 0.243 e. The summed E-state index contributed by atoms with van der Waals surface area (Å²) in [5, 5.41) is 0. The molecule has 0 spiro atoms. The van der Waals surface area contributed by atoms with Crippen LogP contribution < -0.4 is 10.6 Å². The lowest BCUT2D eigenvalue weighted by molar-refractivity contribution is -0.119. The predicted octanol–water partition coefficient (Wildman–Crippen LogP) is 3.28. The summed E-state index contributed by atoms with van der Waals surface area (Å²) < 4.78 is 0. The van der Waals surface area contributed by atoms with E-state index < -0.39 is 6.04 Å². The summed E-state index contributed by atoms with van der Waals surface area (Å²) in [5.74, 6) is -0.0967. The molecule has 0 aliphatic heterocycles. The van der Waals surface area contributed by atoms with E-state index in [9.17, 15) is 4.79 Å². The van der Waals surface area contributed by atoms with Gasteiger partial charge in [-0.15, -0.1) is 0 Å². The summed E-state index contributed by atoms with van der Waals surface area (Å²) in [6, 6.07) is 21.0. The number of likely N-dealkylation sites (N-methyl/N-ethyl adjacent to an activating group) is 1. The molecule has 1 atom stereocenters. The highest BCUT2D eigenvalue weighted by Crippen LogP contribution is 2.22. The number of nitrogens with zero attached hydrogens (tertiary/aromatic N) is 2. The topological polar surface area (TPSA) is 59.2 Å². The van der Waals surface area contributed by atoms with Gasteiger partial charge in [-0.05, 0) is 47.4 Å². The molecule has 126 valence electrons. The molecule has 3 rings (SSSR count). The fraction of sp³-hybridized carbons (Fsp3) is 0.143. The molecule has 1 amide bonds. The van der Waals surface area contributed by atoms with E-state index in [2.05, 4.69) is 4.98 Å². The Kier molecular flexibility index (Phi) is 5.21. The van der Waals surface area contributed by atoms with Crippen molar-refractivity contribution in [2.45, 2.75) is 12.5 Å². The van der Waals surface area contributed by atoms with E-state index >= 15 is 0 Å². The molecule has 0 unspecified atom stereocenters. The van der Waals surface area contributed by atoms with Crippen molar-refractivity contribution in [1.29, 1.82) is 0 Å². The monoisotopic (exact) mass is 331 g/mol. The lowest BCUT2D eigenvalue weighted by atomic mass is 10.0. The van der Waals surface area contributed by atoms with E-state index in [1.807, 2.05) is 66.7 Å². The zero-order valence-electron chi connectivity index (χ0n) is 14.2. The first-order chi connectivity index (χ1) is 12.1. The van der Waals surface area contributed by atoms with Crippen LogP contribution in [0.1, 0.15) is 5.56 Å². The summed E-state index contributed by atoms with van der Waals surface area (Å²) in [4.78, 5) is 18.2. The number of pyridine rings is 1. The third-order valence-electron chi connectivity index (χ3n) is 4.21. The number of amides is 1. The van der Waals surface area contributed by atoms with Crippen LogP contribution in [-0.4, -0.2) is 24.0 Å². The molecule has 2 N–H and O–H groups in total. The molecule has 0 aliphatic rings. The van der Waals surface area contributed by atoms with Crippen LogP contribution in [0.15, 0.2) is 79.1 Å². The van der Waals surface area contributed by atoms with Gasteiger partial charge in [-0.1, -0.05) is 42.5 Å². The van der Waals surface area contributed by atoms with Gasteiger partial charge in [0, 0.05) is 25.1 Å². The van der Waals surface area contributed by atoms with Gasteiger partial charge in [0.1, 0.15) is 0 Å². The van der Waals surface area contributed by atoms with Crippen molar-refractivity contribution >= 4 is 11.6 Å². The number of hydrogen-bond acceptors (Lipinski definition) is 3. The van der Waals surface area contributed by atoms with Gasteiger partial charge in [-0.2, -0.15) is 0 Å². The van der Waals surface area contributed by atoms with Crippen molar-refractivity contribution in [2.75, 3.05) is 11.9 Å². The minimum atomic E-state index is -0.563. The number of benzene rings is 2. The Morgan fingerprint density at radius 1 is 0.960 bits per heavy atom. The van der Waals surface area contributed by atoms with Crippen LogP contribution in [-0.2, 0) is 11.2 Å². The molecule has 1 aromatic heterocycles. The zero-order chi connectivity index (χ0) is 17.6. The Morgan fingerprint density at radius 3 is 2.20 bits per heavy atom. The van der Waals surface area contributed by atoms with Crippen LogP contribution in [0.25, 0.3) is 11.1 Å². The molecule has 4 heteroatoms. The molecule has 0 fully saturated rings. The Balaban J connectivity index is 1.69. The molecule has 0 aliphatic carbocycles. The molecule has 1 heterocycles. The Bertz CT molecular complexity index is 817. The fourth-order valence-electron chi connectivity index (χ4n) is 2.75. The van der Waals surface area contributed by atoms with Gasteiger partial charge in [0.15, 0.2) is 0 Å². The molecular formula is C21H21N3O. The van der Waals surface area contributed by atoms with E-state index in [-0.39, 0.29) is 5.91 Å². The number of anilines is 1. The second kappa shape index (κ2) is 7.73. The number of aromatic nitrogens is 1. The minimum absolute atomic E-state index is 0.0967. The molecule has 0 saturated heterocycles. The van der Waals surface area contributed by atoms with Crippen molar-refractivity contribution in [2.24, 2.45) is 5.73 Å². The van der Waals surface area contributed by atoms with Gasteiger partial charge in [0.2, 0.25) is 5.91 Å². The maximum absolute atomic E-state index is 12.6. The molecule has 0 bridgehead atoms.